The second kappa shape index (κ2) is 11.4. The number of aliphatic hydroxyl groups excluding tert-OH is 1. The maximum Gasteiger partial charge on any atom is 0.123 e. The van der Waals surface area contributed by atoms with Crippen molar-refractivity contribution in [2.24, 2.45) is 5.92 Å². The zero-order chi connectivity index (χ0) is 22.2. The molecule has 170 valence electrons. The Kier molecular flexibility index (Phi) is 8.13. The summed E-state index contributed by atoms with van der Waals surface area (Å²) in [6.07, 6.45) is 9.06. The Labute approximate surface area is 191 Å². The van der Waals surface area contributed by atoms with Gasteiger partial charge < -0.3 is 14.6 Å². The van der Waals surface area contributed by atoms with Gasteiger partial charge in [-0.25, -0.2) is 4.39 Å². The molecule has 4 rings (SSSR count). The van der Waals surface area contributed by atoms with Crippen molar-refractivity contribution >= 4 is 0 Å². The molecule has 0 saturated heterocycles. The van der Waals surface area contributed by atoms with Crippen molar-refractivity contribution < 1.29 is 14.4 Å². The van der Waals surface area contributed by atoms with Crippen molar-refractivity contribution in [1.29, 1.82) is 0 Å². The summed E-state index contributed by atoms with van der Waals surface area (Å²) >= 11 is 0. The molecule has 1 aliphatic rings. The monoisotopic (exact) mass is 435 g/mol. The minimum atomic E-state index is -0.359. The van der Waals surface area contributed by atoms with Crippen LogP contribution in [0.2, 0.25) is 0 Å². The average Bonchev–Trinajstić information content (AvgIpc) is 3.21. The summed E-state index contributed by atoms with van der Waals surface area (Å²) in [5.41, 5.74) is 3.40. The van der Waals surface area contributed by atoms with Gasteiger partial charge in [-0.3, -0.25) is 0 Å². The Balaban J connectivity index is 1.44. The minimum absolute atomic E-state index is 0.190. The number of halogens is 1. The van der Waals surface area contributed by atoms with E-state index in [1.165, 1.54) is 54.3 Å². The molecule has 3 aromatic rings. The predicted octanol–water partition coefficient (Wildman–Crippen LogP) is 4.24. The maximum atomic E-state index is 13.6. The van der Waals surface area contributed by atoms with Crippen LogP contribution in [0, 0.1) is 11.7 Å². The molecule has 1 aliphatic carbocycles. The van der Waals surface area contributed by atoms with Crippen molar-refractivity contribution in [2.75, 3.05) is 13.1 Å². The second-order valence-electron chi connectivity index (χ2n) is 9.44. The van der Waals surface area contributed by atoms with Crippen LogP contribution in [-0.4, -0.2) is 28.9 Å². The normalized spacial score (nSPS) is 16.7. The molecule has 1 fully saturated rings. The van der Waals surface area contributed by atoms with Gasteiger partial charge in [-0.1, -0.05) is 61.7 Å². The van der Waals surface area contributed by atoms with Crippen molar-refractivity contribution in [1.82, 2.24) is 4.57 Å². The maximum absolute atomic E-state index is 13.6. The first-order valence-electron chi connectivity index (χ1n) is 12.1. The highest BCUT2D eigenvalue weighted by molar-refractivity contribution is 5.19. The number of benzene rings is 2. The van der Waals surface area contributed by atoms with Crippen molar-refractivity contribution in [2.45, 2.75) is 57.7 Å². The van der Waals surface area contributed by atoms with Crippen LogP contribution in [0.3, 0.4) is 0 Å². The van der Waals surface area contributed by atoms with E-state index in [1.807, 2.05) is 24.3 Å². The van der Waals surface area contributed by atoms with Crippen LogP contribution in [0.5, 0.6) is 0 Å². The third kappa shape index (κ3) is 6.78. The fourth-order valence-corrected chi connectivity index (χ4v) is 5.17. The van der Waals surface area contributed by atoms with Gasteiger partial charge in [-0.2, -0.15) is 0 Å². The van der Waals surface area contributed by atoms with Crippen molar-refractivity contribution in [3.05, 3.63) is 95.6 Å². The number of nitrogens with zero attached hydrogens (tertiary/aromatic N) is 1. The summed E-state index contributed by atoms with van der Waals surface area (Å²) in [6, 6.07) is 21.4. The summed E-state index contributed by atoms with van der Waals surface area (Å²) in [4.78, 5) is 1.44. The van der Waals surface area contributed by atoms with E-state index in [0.29, 0.717) is 13.0 Å². The van der Waals surface area contributed by atoms with Gasteiger partial charge in [0.15, 0.2) is 0 Å². The van der Waals surface area contributed by atoms with Crippen molar-refractivity contribution in [3.8, 4) is 0 Å². The zero-order valence-corrected chi connectivity index (χ0v) is 18.9. The molecular formula is C28H36FN2O+. The van der Waals surface area contributed by atoms with E-state index >= 15 is 0 Å². The fraction of sp³-hybridized carbons (Fsp3) is 0.429. The SMILES string of the molecule is O[C@H](Cc1ccccc1)C[NH+](Cc1cccn1Cc1cccc(F)c1)CC1CCCCC1. The molecule has 0 spiro atoms. The Morgan fingerprint density at radius 1 is 0.938 bits per heavy atom. The molecule has 4 heteroatoms. The third-order valence-electron chi connectivity index (χ3n) is 6.74. The number of hydrogen-bond donors (Lipinski definition) is 2. The largest absolute Gasteiger partial charge is 0.387 e. The van der Waals surface area contributed by atoms with Gasteiger partial charge in [-0.15, -0.1) is 0 Å². The van der Waals surface area contributed by atoms with Gasteiger partial charge in [0.25, 0.3) is 0 Å². The van der Waals surface area contributed by atoms with Gasteiger partial charge in [0.05, 0.1) is 12.2 Å². The molecule has 0 aliphatic heterocycles. The molecule has 2 atom stereocenters. The number of aromatic nitrogens is 1. The van der Waals surface area contributed by atoms with Crippen LogP contribution in [0.25, 0.3) is 0 Å². The first-order valence-corrected chi connectivity index (χ1v) is 12.1. The Morgan fingerprint density at radius 2 is 1.72 bits per heavy atom. The molecule has 2 aromatic carbocycles. The van der Waals surface area contributed by atoms with Gasteiger partial charge in [0.2, 0.25) is 0 Å². The van der Waals surface area contributed by atoms with E-state index in [2.05, 4.69) is 35.0 Å². The van der Waals surface area contributed by atoms with E-state index in [1.54, 1.807) is 12.1 Å². The van der Waals surface area contributed by atoms with Gasteiger partial charge >= 0.3 is 0 Å². The van der Waals surface area contributed by atoms with E-state index < -0.39 is 0 Å². The molecule has 1 heterocycles. The van der Waals surface area contributed by atoms with Crippen molar-refractivity contribution in [3.63, 3.8) is 0 Å². The molecule has 32 heavy (non-hydrogen) atoms. The summed E-state index contributed by atoms with van der Waals surface area (Å²) in [6.45, 7) is 3.40. The summed E-state index contributed by atoms with van der Waals surface area (Å²) in [7, 11) is 0. The lowest BCUT2D eigenvalue weighted by atomic mass is 9.89. The lowest BCUT2D eigenvalue weighted by molar-refractivity contribution is -0.920. The molecule has 1 aromatic heterocycles. The highest BCUT2D eigenvalue weighted by atomic mass is 19.1. The quantitative estimate of drug-likeness (QED) is 0.490. The fourth-order valence-electron chi connectivity index (χ4n) is 5.17. The summed E-state index contributed by atoms with van der Waals surface area (Å²) < 4.78 is 15.9. The summed E-state index contributed by atoms with van der Waals surface area (Å²) in [5.74, 6) is 0.555. The smallest absolute Gasteiger partial charge is 0.123 e. The first kappa shape index (κ1) is 22.8. The van der Waals surface area contributed by atoms with Crippen LogP contribution in [-0.2, 0) is 19.5 Å². The lowest BCUT2D eigenvalue weighted by Crippen LogP contribution is -3.12. The van der Waals surface area contributed by atoms with E-state index in [4.69, 9.17) is 0 Å². The molecule has 1 unspecified atom stereocenters. The summed E-state index contributed by atoms with van der Waals surface area (Å²) in [5, 5.41) is 10.9. The number of rotatable bonds is 10. The Morgan fingerprint density at radius 3 is 2.50 bits per heavy atom. The Hall–Kier alpha value is -2.43. The minimum Gasteiger partial charge on any atom is -0.387 e. The second-order valence-corrected chi connectivity index (χ2v) is 9.44. The third-order valence-corrected chi connectivity index (χ3v) is 6.74. The molecule has 0 amide bonds. The highest BCUT2D eigenvalue weighted by Crippen LogP contribution is 2.22. The number of quaternary nitrogens is 1. The van der Waals surface area contributed by atoms with Crippen LogP contribution in [0.1, 0.15) is 48.9 Å². The van der Waals surface area contributed by atoms with Crippen LogP contribution < -0.4 is 4.90 Å². The Bertz CT molecular complexity index is 949. The predicted molar refractivity (Wildman–Crippen MR) is 127 cm³/mol. The van der Waals surface area contributed by atoms with Gasteiger partial charge in [0, 0.05) is 25.1 Å². The number of hydrogen-bond acceptors (Lipinski definition) is 1. The molecule has 0 radical (unpaired) electrons. The molecular weight excluding hydrogens is 399 g/mol. The van der Waals surface area contributed by atoms with Crippen LogP contribution in [0.15, 0.2) is 72.9 Å². The first-order chi connectivity index (χ1) is 15.7. The van der Waals surface area contributed by atoms with Gasteiger partial charge in [-0.05, 0) is 48.2 Å². The molecule has 0 bridgehead atoms. The highest BCUT2D eigenvalue weighted by Gasteiger charge is 2.23. The average molecular weight is 436 g/mol. The van der Waals surface area contributed by atoms with E-state index in [9.17, 15) is 9.50 Å². The number of aliphatic hydroxyl groups is 1. The zero-order valence-electron chi connectivity index (χ0n) is 18.9. The molecule has 2 N–H and O–H groups in total. The number of nitrogens with one attached hydrogen (secondary N) is 1. The van der Waals surface area contributed by atoms with Crippen LogP contribution in [0.4, 0.5) is 4.39 Å². The topological polar surface area (TPSA) is 29.6 Å². The lowest BCUT2D eigenvalue weighted by Gasteiger charge is -2.29. The van der Waals surface area contributed by atoms with Gasteiger partial charge in [0.1, 0.15) is 25.0 Å². The molecule has 1 saturated carbocycles. The molecule has 3 nitrogen and oxygen atoms in total. The van der Waals surface area contributed by atoms with E-state index in [-0.39, 0.29) is 11.9 Å². The van der Waals surface area contributed by atoms with E-state index in [0.717, 1.165) is 31.1 Å². The van der Waals surface area contributed by atoms with Crippen LogP contribution >= 0.6 is 0 Å². The standard InChI is InChI=1S/C28H35FN2O/c29-26-14-7-13-25(17-26)20-31-16-8-15-27(31)21-30(19-24-11-5-2-6-12-24)22-28(32)18-23-9-3-1-4-10-23/h1,3-4,7-10,13-17,24,28,32H,2,5-6,11-12,18-22H2/p+1/t28-/m1/s1.